The third-order valence-electron chi connectivity index (χ3n) is 5.78. The first kappa shape index (κ1) is 21.3. The minimum absolute atomic E-state index is 0.0683. The Morgan fingerprint density at radius 3 is 2.67 bits per heavy atom. The summed E-state index contributed by atoms with van der Waals surface area (Å²) < 4.78 is 37.1. The predicted octanol–water partition coefficient (Wildman–Crippen LogP) is 3.26. The number of carboxylic acid groups (broad SMARTS) is 1. The van der Waals surface area contributed by atoms with Gasteiger partial charge < -0.3 is 10.4 Å². The monoisotopic (exact) mass is 474 g/mol. The summed E-state index contributed by atoms with van der Waals surface area (Å²) in [6.07, 6.45) is 2.95. The molecule has 0 saturated carbocycles. The van der Waals surface area contributed by atoms with E-state index in [1.54, 1.807) is 0 Å². The van der Waals surface area contributed by atoms with Gasteiger partial charge in [-0.1, -0.05) is 11.6 Å². The van der Waals surface area contributed by atoms with Crippen molar-refractivity contribution < 1.29 is 22.7 Å². The molecule has 2 N–H and O–H groups in total. The molecule has 3 aliphatic heterocycles. The summed E-state index contributed by atoms with van der Waals surface area (Å²) in [6.45, 7) is 2.78. The van der Waals surface area contributed by atoms with Crippen LogP contribution < -0.4 is 10.2 Å². The van der Waals surface area contributed by atoms with Crippen LogP contribution in [-0.2, 0) is 18.7 Å². The molecule has 30 heavy (non-hydrogen) atoms. The van der Waals surface area contributed by atoms with Gasteiger partial charge in [0.25, 0.3) is 0 Å². The molecular formula is C18H20ClFN4O4S2. The molecule has 8 nitrogen and oxygen atoms in total. The van der Waals surface area contributed by atoms with Crippen LogP contribution in [0.4, 0.5) is 20.6 Å². The lowest BCUT2D eigenvalue weighted by atomic mass is 9.94. The highest BCUT2D eigenvalue weighted by Crippen LogP contribution is 2.40. The van der Waals surface area contributed by atoms with Gasteiger partial charge in [-0.2, -0.15) is 8.42 Å². The molecule has 3 aliphatic rings. The normalized spacial score (nSPS) is 22.1. The number of hydrogen-bond donors (Lipinski definition) is 2. The van der Waals surface area contributed by atoms with Crippen molar-refractivity contribution in [1.29, 1.82) is 0 Å². The van der Waals surface area contributed by atoms with E-state index in [0.29, 0.717) is 17.1 Å². The van der Waals surface area contributed by atoms with Gasteiger partial charge in [-0.05, 0) is 44.8 Å². The van der Waals surface area contributed by atoms with Crippen LogP contribution >= 0.6 is 11.6 Å². The van der Waals surface area contributed by atoms with Gasteiger partial charge in [0.05, 0.1) is 21.9 Å². The number of nitrogens with zero attached hydrogens (tertiary/aromatic N) is 3. The maximum Gasteiger partial charge on any atom is 0.417 e. The Kier molecular flexibility index (Phi) is 5.88. The lowest BCUT2D eigenvalue weighted by Gasteiger charge is -2.33. The van der Waals surface area contributed by atoms with E-state index < -0.39 is 30.6 Å². The fourth-order valence-corrected chi connectivity index (χ4v) is 6.25. The maximum atomic E-state index is 14.9. The summed E-state index contributed by atoms with van der Waals surface area (Å²) in [4.78, 5) is 18.6. The second-order valence-electron chi connectivity index (χ2n) is 7.42. The number of benzene rings is 1. The van der Waals surface area contributed by atoms with Gasteiger partial charge in [0.1, 0.15) is 5.82 Å². The van der Waals surface area contributed by atoms with Crippen molar-refractivity contribution in [2.24, 2.45) is 4.99 Å². The standard InChI is InChI=1S/C18H20ClFN4O4S2/c19-12-7-15(24(17(25)26)16-9-29(11-22-16)30(27)28)13(20)8-14(12)21-10-18-3-1-5-23(18)6-2-4-18/h7-9,11,21H,1-6,10H2,(H,25,26). The van der Waals surface area contributed by atoms with Crippen LogP contribution in [0.2, 0.25) is 5.02 Å². The summed E-state index contributed by atoms with van der Waals surface area (Å²) in [7, 11) is -3.83. The van der Waals surface area contributed by atoms with E-state index in [-0.39, 0.29) is 22.1 Å². The molecule has 1 atom stereocenters. The molecule has 2 saturated heterocycles. The first-order valence-corrected chi connectivity index (χ1v) is 12.7. The second-order valence-corrected chi connectivity index (χ2v) is 11.3. The Morgan fingerprint density at radius 2 is 2.07 bits per heavy atom. The minimum atomic E-state index is -2.47. The van der Waals surface area contributed by atoms with E-state index in [9.17, 15) is 22.7 Å². The van der Waals surface area contributed by atoms with E-state index in [1.807, 2.05) is 0 Å². The van der Waals surface area contributed by atoms with Crippen molar-refractivity contribution >= 4 is 53.3 Å². The van der Waals surface area contributed by atoms with Crippen LogP contribution in [0.1, 0.15) is 25.7 Å². The molecule has 1 amide bonds. The number of anilines is 2. The van der Waals surface area contributed by atoms with Crippen LogP contribution in [0, 0.1) is 5.82 Å². The number of fused-ring (bicyclic) bond motifs is 1. The highest BCUT2D eigenvalue weighted by Gasteiger charge is 2.43. The Bertz CT molecular complexity index is 1090. The fourth-order valence-electron chi connectivity index (χ4n) is 4.40. The molecule has 0 radical (unpaired) electrons. The molecule has 0 aromatic heterocycles. The van der Waals surface area contributed by atoms with Gasteiger partial charge >= 0.3 is 6.09 Å². The minimum Gasteiger partial charge on any atom is -0.464 e. The highest BCUT2D eigenvalue weighted by atomic mass is 35.5. The summed E-state index contributed by atoms with van der Waals surface area (Å²) >= 11 is 6.34. The number of amides is 1. The van der Waals surface area contributed by atoms with Gasteiger partial charge in [0, 0.05) is 33.0 Å². The summed E-state index contributed by atoms with van der Waals surface area (Å²) in [5.41, 5.74) is 1.25. The molecule has 0 aliphatic carbocycles. The van der Waals surface area contributed by atoms with Crippen molar-refractivity contribution in [3.63, 3.8) is 0 Å². The Labute approximate surface area is 181 Å². The molecule has 0 bridgehead atoms. The summed E-state index contributed by atoms with van der Waals surface area (Å²) in [5, 5.41) is 14.1. The van der Waals surface area contributed by atoms with Crippen molar-refractivity contribution in [2.75, 3.05) is 29.9 Å². The Morgan fingerprint density at radius 1 is 1.37 bits per heavy atom. The topological polar surface area (TPSA) is 102 Å². The molecular weight excluding hydrogens is 455 g/mol. The van der Waals surface area contributed by atoms with E-state index in [4.69, 9.17) is 11.6 Å². The molecule has 162 valence electrons. The van der Waals surface area contributed by atoms with Crippen molar-refractivity contribution in [2.45, 2.75) is 31.2 Å². The van der Waals surface area contributed by atoms with E-state index in [1.165, 1.54) is 12.1 Å². The highest BCUT2D eigenvalue weighted by molar-refractivity contribution is 8.42. The molecule has 1 unspecified atom stereocenters. The summed E-state index contributed by atoms with van der Waals surface area (Å²) in [6, 6.07) is 2.39. The number of aliphatic imine (C=N–C) groups is 1. The third kappa shape index (κ3) is 3.86. The van der Waals surface area contributed by atoms with Crippen LogP contribution in [0.5, 0.6) is 0 Å². The number of halogens is 2. The quantitative estimate of drug-likeness (QED) is 0.679. The Hall–Kier alpha value is -1.95. The van der Waals surface area contributed by atoms with E-state index in [2.05, 4.69) is 15.2 Å². The average molecular weight is 475 g/mol. The zero-order valence-electron chi connectivity index (χ0n) is 15.8. The van der Waals surface area contributed by atoms with Gasteiger partial charge in [-0.25, -0.2) is 19.1 Å². The Balaban J connectivity index is 1.60. The lowest BCUT2D eigenvalue weighted by molar-refractivity contribution is 0.203. The number of rotatable bonds is 5. The fraction of sp³-hybridized carbons (Fsp3) is 0.444. The number of hydrogen-bond acceptors (Lipinski definition) is 6. The first-order valence-electron chi connectivity index (χ1n) is 9.39. The lowest BCUT2D eigenvalue weighted by Crippen LogP contribution is -2.44. The first-order chi connectivity index (χ1) is 14.3. The SMILES string of the molecule is O=C(O)N(C1=CS(=S(=O)=O)C=N1)c1cc(Cl)c(NCC23CCCN2CCC3)cc1F. The molecule has 2 fully saturated rings. The molecule has 0 spiro atoms. The maximum absolute atomic E-state index is 14.9. The van der Waals surface area contributed by atoms with Crippen LogP contribution in [0.25, 0.3) is 0 Å². The van der Waals surface area contributed by atoms with E-state index in [0.717, 1.165) is 49.7 Å². The van der Waals surface area contributed by atoms with Crippen LogP contribution in [0.3, 0.4) is 0 Å². The zero-order chi connectivity index (χ0) is 21.5. The zero-order valence-corrected chi connectivity index (χ0v) is 18.2. The average Bonchev–Trinajstić information content (AvgIpc) is 3.38. The van der Waals surface area contributed by atoms with Crippen molar-refractivity contribution in [1.82, 2.24) is 4.90 Å². The van der Waals surface area contributed by atoms with Crippen molar-refractivity contribution in [3.05, 3.63) is 34.2 Å². The number of nitrogens with one attached hydrogen (secondary N) is 1. The van der Waals surface area contributed by atoms with Gasteiger partial charge in [-0.3, -0.25) is 4.90 Å². The van der Waals surface area contributed by atoms with Crippen molar-refractivity contribution in [3.8, 4) is 0 Å². The molecule has 1 aromatic rings. The van der Waals surface area contributed by atoms with Gasteiger partial charge in [-0.15, -0.1) is 0 Å². The van der Waals surface area contributed by atoms with Gasteiger partial charge in [0.15, 0.2) is 5.82 Å². The predicted molar refractivity (Wildman–Crippen MR) is 116 cm³/mol. The molecule has 4 rings (SSSR count). The van der Waals surface area contributed by atoms with Gasteiger partial charge in [0.2, 0.25) is 9.26 Å². The van der Waals surface area contributed by atoms with Crippen LogP contribution in [0.15, 0.2) is 28.4 Å². The smallest absolute Gasteiger partial charge is 0.417 e. The third-order valence-corrected chi connectivity index (χ3v) is 8.66. The summed E-state index contributed by atoms with van der Waals surface area (Å²) in [5.74, 6) is -0.986. The molecule has 1 aromatic carbocycles. The largest absolute Gasteiger partial charge is 0.464 e. The van der Waals surface area contributed by atoms with Crippen LogP contribution in [-0.4, -0.2) is 55.2 Å². The van der Waals surface area contributed by atoms with E-state index >= 15 is 0 Å². The number of carbonyl (C=O) groups is 1. The second kappa shape index (κ2) is 8.29. The molecule has 3 heterocycles. The molecule has 12 heteroatoms.